The van der Waals surface area contributed by atoms with E-state index in [2.05, 4.69) is 16.8 Å². The number of nitrogens with zero attached hydrogens (tertiary/aromatic N) is 1. The van der Waals surface area contributed by atoms with Crippen molar-refractivity contribution in [2.24, 2.45) is 5.92 Å². The van der Waals surface area contributed by atoms with Gasteiger partial charge < -0.3 is 24.8 Å². The van der Waals surface area contributed by atoms with E-state index in [1.807, 2.05) is 30.3 Å². The lowest BCUT2D eigenvalue weighted by Crippen LogP contribution is -2.42. The van der Waals surface area contributed by atoms with Crippen molar-refractivity contribution >= 4 is 5.97 Å². The normalized spacial score (nSPS) is 16.8. The van der Waals surface area contributed by atoms with Crippen molar-refractivity contribution in [3.63, 3.8) is 0 Å². The van der Waals surface area contributed by atoms with Crippen LogP contribution < -0.4 is 10.1 Å². The summed E-state index contributed by atoms with van der Waals surface area (Å²) in [6.45, 7) is 7.64. The number of hydrogen-bond acceptors (Lipinski definition) is 6. The van der Waals surface area contributed by atoms with E-state index >= 15 is 0 Å². The molecule has 1 heterocycles. The summed E-state index contributed by atoms with van der Waals surface area (Å²) in [4.78, 5) is 13.7. The lowest BCUT2D eigenvalue weighted by Gasteiger charge is -2.31. The van der Waals surface area contributed by atoms with Crippen LogP contribution in [0.2, 0.25) is 0 Å². The number of rotatable bonds is 10. The van der Waals surface area contributed by atoms with Gasteiger partial charge in [-0.15, -0.1) is 6.58 Å². The summed E-state index contributed by atoms with van der Waals surface area (Å²) in [5.74, 6) is 0.613. The molecule has 0 aliphatic carbocycles. The smallest absolute Gasteiger partial charge is 0.308 e. The van der Waals surface area contributed by atoms with Gasteiger partial charge in [0.15, 0.2) is 0 Å². The Morgan fingerprint density at radius 1 is 1.38 bits per heavy atom. The quantitative estimate of drug-likeness (QED) is 0.374. The summed E-state index contributed by atoms with van der Waals surface area (Å²) >= 11 is 0. The highest BCUT2D eigenvalue weighted by Crippen LogP contribution is 2.19. The number of carbonyl (C=O) groups excluding carboxylic acids is 1. The van der Waals surface area contributed by atoms with Crippen molar-refractivity contribution in [3.8, 4) is 5.75 Å². The van der Waals surface area contributed by atoms with E-state index in [4.69, 9.17) is 9.47 Å². The van der Waals surface area contributed by atoms with Crippen molar-refractivity contribution in [2.45, 2.75) is 25.5 Å². The van der Waals surface area contributed by atoms with Crippen molar-refractivity contribution in [1.29, 1.82) is 0 Å². The van der Waals surface area contributed by atoms with Crippen LogP contribution in [0.5, 0.6) is 5.75 Å². The summed E-state index contributed by atoms with van der Waals surface area (Å²) < 4.78 is 10.5. The number of esters is 1. The Labute approximate surface area is 155 Å². The largest absolute Gasteiger partial charge is 0.491 e. The van der Waals surface area contributed by atoms with E-state index in [1.54, 1.807) is 0 Å². The summed E-state index contributed by atoms with van der Waals surface area (Å²) in [5.41, 5.74) is 1.17. The molecule has 1 aromatic carbocycles. The number of β-amino-alcohol motifs (C(OH)–C–C–N with tert-alkyl or cyclic N) is 1. The zero-order valence-corrected chi connectivity index (χ0v) is 15.5. The Bertz CT molecular complexity index is 553. The van der Waals surface area contributed by atoms with Crippen molar-refractivity contribution < 1.29 is 19.4 Å². The third-order valence-corrected chi connectivity index (χ3v) is 4.57. The number of hydrogen-bond donors (Lipinski definition) is 2. The highest BCUT2D eigenvalue weighted by atomic mass is 16.5. The number of carbonyl (C=O) groups is 1. The predicted molar refractivity (Wildman–Crippen MR) is 101 cm³/mol. The summed E-state index contributed by atoms with van der Waals surface area (Å²) in [6, 6.07) is 7.85. The van der Waals surface area contributed by atoms with Crippen molar-refractivity contribution in [3.05, 3.63) is 42.5 Å². The molecule has 2 N–H and O–H groups in total. The highest BCUT2D eigenvalue weighted by Gasteiger charge is 2.26. The molecule has 1 saturated heterocycles. The van der Waals surface area contributed by atoms with Crippen LogP contribution in [0.1, 0.15) is 18.4 Å². The molecular weight excluding hydrogens is 332 g/mol. The lowest BCUT2D eigenvalue weighted by molar-refractivity contribution is -0.147. The Kier molecular flexibility index (Phi) is 8.61. The number of nitrogens with one attached hydrogen (secondary N) is 1. The molecule has 0 amide bonds. The SMILES string of the molecule is C=CCNCc1ccc(OCC(O)CN2CCC(C(=O)OC)CC2)cc1. The second-order valence-corrected chi connectivity index (χ2v) is 6.63. The fourth-order valence-electron chi connectivity index (χ4n) is 3.08. The maximum Gasteiger partial charge on any atom is 0.308 e. The first-order valence-corrected chi connectivity index (χ1v) is 9.14. The molecule has 6 nitrogen and oxygen atoms in total. The fraction of sp³-hybridized carbons (Fsp3) is 0.550. The molecule has 0 radical (unpaired) electrons. The molecule has 1 unspecified atom stereocenters. The summed E-state index contributed by atoms with van der Waals surface area (Å²) in [7, 11) is 1.43. The Hall–Kier alpha value is -1.89. The van der Waals surface area contributed by atoms with E-state index in [0.717, 1.165) is 44.8 Å². The highest BCUT2D eigenvalue weighted by molar-refractivity contribution is 5.72. The summed E-state index contributed by atoms with van der Waals surface area (Å²) in [5, 5.41) is 13.5. The van der Waals surface area contributed by atoms with Gasteiger partial charge in [-0.05, 0) is 43.6 Å². The zero-order valence-electron chi connectivity index (χ0n) is 15.5. The van der Waals surface area contributed by atoms with Crippen molar-refractivity contribution in [1.82, 2.24) is 10.2 Å². The molecule has 2 rings (SSSR count). The average Bonchev–Trinajstić information content (AvgIpc) is 2.67. The predicted octanol–water partition coefficient (Wildman–Crippen LogP) is 1.59. The van der Waals surface area contributed by atoms with Gasteiger partial charge >= 0.3 is 5.97 Å². The van der Waals surface area contributed by atoms with E-state index in [9.17, 15) is 9.90 Å². The Morgan fingerprint density at radius 2 is 2.08 bits per heavy atom. The first kappa shape index (κ1) is 20.4. The van der Waals surface area contributed by atoms with Crippen LogP contribution in [0, 0.1) is 5.92 Å². The molecular formula is C20H30N2O4. The molecule has 0 spiro atoms. The van der Waals surface area contributed by atoms with Gasteiger partial charge in [0.05, 0.1) is 13.0 Å². The maximum absolute atomic E-state index is 11.5. The molecule has 1 atom stereocenters. The van der Waals surface area contributed by atoms with Crippen molar-refractivity contribution in [2.75, 3.05) is 39.9 Å². The minimum Gasteiger partial charge on any atom is -0.491 e. The molecule has 1 aromatic rings. The van der Waals surface area contributed by atoms with Gasteiger partial charge in [-0.2, -0.15) is 0 Å². The summed E-state index contributed by atoms with van der Waals surface area (Å²) in [6.07, 6.45) is 2.83. The third-order valence-electron chi connectivity index (χ3n) is 4.57. The monoisotopic (exact) mass is 362 g/mol. The topological polar surface area (TPSA) is 71.0 Å². The molecule has 26 heavy (non-hydrogen) atoms. The van der Waals surface area contributed by atoms with Gasteiger partial charge in [-0.3, -0.25) is 4.79 Å². The Balaban J connectivity index is 1.66. The second kappa shape index (κ2) is 11.0. The van der Waals surface area contributed by atoms with Gasteiger partial charge in [0.2, 0.25) is 0 Å². The number of aliphatic hydroxyl groups excluding tert-OH is 1. The number of aliphatic hydroxyl groups is 1. The average molecular weight is 362 g/mol. The minimum absolute atomic E-state index is 0.0101. The van der Waals surface area contributed by atoms with Gasteiger partial charge in [-0.25, -0.2) is 0 Å². The van der Waals surface area contributed by atoms with E-state index in [1.165, 1.54) is 12.7 Å². The third kappa shape index (κ3) is 6.78. The van der Waals surface area contributed by atoms with Crippen LogP contribution in [0.15, 0.2) is 36.9 Å². The fourth-order valence-corrected chi connectivity index (χ4v) is 3.08. The molecule has 0 aromatic heterocycles. The molecule has 0 saturated carbocycles. The molecule has 1 aliphatic rings. The van der Waals surface area contributed by atoms with Crippen LogP contribution in [0.4, 0.5) is 0 Å². The number of benzene rings is 1. The van der Waals surface area contributed by atoms with Crippen LogP contribution in [-0.4, -0.2) is 62.0 Å². The number of ether oxygens (including phenoxy) is 2. The zero-order chi connectivity index (χ0) is 18.8. The lowest BCUT2D eigenvalue weighted by atomic mass is 9.97. The first-order valence-electron chi connectivity index (χ1n) is 9.14. The van der Waals surface area contributed by atoms with Crippen LogP contribution in [-0.2, 0) is 16.1 Å². The molecule has 6 heteroatoms. The van der Waals surface area contributed by atoms with Crippen LogP contribution in [0.3, 0.4) is 0 Å². The molecule has 144 valence electrons. The van der Waals surface area contributed by atoms with Crippen LogP contribution in [0.25, 0.3) is 0 Å². The first-order chi connectivity index (χ1) is 12.6. The van der Waals surface area contributed by atoms with E-state index < -0.39 is 6.10 Å². The number of likely N-dealkylation sites (tertiary alicyclic amines) is 1. The van der Waals surface area contributed by atoms with Gasteiger partial charge in [0, 0.05) is 19.6 Å². The van der Waals surface area contributed by atoms with E-state index in [-0.39, 0.29) is 18.5 Å². The molecule has 1 fully saturated rings. The molecule has 0 bridgehead atoms. The molecule has 1 aliphatic heterocycles. The number of piperidine rings is 1. The van der Waals surface area contributed by atoms with Crippen LogP contribution >= 0.6 is 0 Å². The van der Waals surface area contributed by atoms with Gasteiger partial charge in [0.1, 0.15) is 18.5 Å². The van der Waals surface area contributed by atoms with Gasteiger partial charge in [-0.1, -0.05) is 18.2 Å². The standard InChI is InChI=1S/C20H30N2O4/c1-3-10-21-13-16-4-6-19(7-5-16)26-15-18(23)14-22-11-8-17(9-12-22)20(24)25-2/h3-7,17-18,21,23H,1,8-15H2,2H3. The minimum atomic E-state index is -0.557. The van der Waals surface area contributed by atoms with E-state index in [0.29, 0.717) is 6.54 Å². The van der Waals surface area contributed by atoms with Gasteiger partial charge in [0.25, 0.3) is 0 Å². The maximum atomic E-state index is 11.5. The second-order valence-electron chi connectivity index (χ2n) is 6.63. The Morgan fingerprint density at radius 3 is 2.69 bits per heavy atom. The number of methoxy groups -OCH3 is 1.